The lowest BCUT2D eigenvalue weighted by Gasteiger charge is -2.18. The first kappa shape index (κ1) is 22.1. The number of rotatable bonds is 8. The Balaban J connectivity index is 1.38. The largest absolute Gasteiger partial charge is 0.485 e. The van der Waals surface area contributed by atoms with Crippen molar-refractivity contribution in [2.75, 3.05) is 5.32 Å². The third kappa shape index (κ3) is 5.28. The molecule has 6 nitrogen and oxygen atoms in total. The summed E-state index contributed by atoms with van der Waals surface area (Å²) in [6, 6.07) is 36.3. The van der Waals surface area contributed by atoms with E-state index in [9.17, 15) is 4.79 Å². The first-order chi connectivity index (χ1) is 17.3. The molecule has 4 aromatic carbocycles. The van der Waals surface area contributed by atoms with Gasteiger partial charge in [-0.05, 0) is 35.4 Å². The van der Waals surface area contributed by atoms with Crippen molar-refractivity contribution in [2.45, 2.75) is 12.5 Å². The first-order valence-electron chi connectivity index (χ1n) is 11.3. The molecule has 0 saturated heterocycles. The minimum absolute atomic E-state index is 0.151. The van der Waals surface area contributed by atoms with Crippen LogP contribution < -0.4 is 10.1 Å². The summed E-state index contributed by atoms with van der Waals surface area (Å²) >= 11 is 0. The van der Waals surface area contributed by atoms with Gasteiger partial charge in [-0.2, -0.15) is 4.98 Å². The van der Waals surface area contributed by atoms with Crippen LogP contribution in [-0.2, 0) is 11.4 Å². The number of nitrogens with one attached hydrogen (secondary N) is 1. The van der Waals surface area contributed by atoms with Crippen LogP contribution in [0.5, 0.6) is 5.75 Å². The number of amides is 1. The molecule has 5 aromatic rings. The smallest absolute Gasteiger partial charge is 0.260 e. The Kier molecular flexibility index (Phi) is 6.62. The molecular formula is C29H23N3O3. The van der Waals surface area contributed by atoms with Crippen molar-refractivity contribution in [1.29, 1.82) is 0 Å². The topological polar surface area (TPSA) is 77.2 Å². The molecule has 0 fully saturated rings. The predicted octanol–water partition coefficient (Wildman–Crippen LogP) is 6.09. The predicted molar refractivity (Wildman–Crippen MR) is 134 cm³/mol. The average Bonchev–Trinajstić information content (AvgIpc) is 3.39. The second-order valence-corrected chi connectivity index (χ2v) is 7.91. The van der Waals surface area contributed by atoms with Gasteiger partial charge in [0.15, 0.2) is 6.61 Å². The normalized spacial score (nSPS) is 10.8. The Labute approximate surface area is 203 Å². The van der Waals surface area contributed by atoms with Crippen LogP contribution in [0.3, 0.4) is 0 Å². The van der Waals surface area contributed by atoms with E-state index in [1.54, 1.807) is 0 Å². The highest BCUT2D eigenvalue weighted by molar-refractivity contribution is 6.00. The van der Waals surface area contributed by atoms with Crippen LogP contribution in [0, 0.1) is 0 Å². The van der Waals surface area contributed by atoms with E-state index in [0.29, 0.717) is 23.0 Å². The van der Waals surface area contributed by atoms with E-state index in [1.165, 1.54) is 0 Å². The summed E-state index contributed by atoms with van der Waals surface area (Å²) in [5.74, 6) is 0.823. The molecule has 1 heterocycles. The van der Waals surface area contributed by atoms with Gasteiger partial charge in [-0.25, -0.2) is 0 Å². The highest BCUT2D eigenvalue weighted by Gasteiger charge is 2.24. The lowest BCUT2D eigenvalue weighted by molar-refractivity contribution is -0.116. The summed E-state index contributed by atoms with van der Waals surface area (Å²) in [5, 5.41) is 7.11. The molecule has 0 saturated carbocycles. The molecule has 5 rings (SSSR count). The van der Waals surface area contributed by atoms with Crippen molar-refractivity contribution in [2.24, 2.45) is 0 Å². The molecule has 0 bridgehead atoms. The zero-order valence-electron chi connectivity index (χ0n) is 18.9. The fourth-order valence-electron chi connectivity index (χ4n) is 3.86. The number of aromatic nitrogens is 2. The third-order valence-corrected chi connectivity index (χ3v) is 5.52. The van der Waals surface area contributed by atoms with Crippen LogP contribution in [0.4, 0.5) is 5.69 Å². The number of hydrogen-bond donors (Lipinski definition) is 1. The molecular weight excluding hydrogens is 438 g/mol. The molecule has 0 aliphatic heterocycles. The van der Waals surface area contributed by atoms with Gasteiger partial charge in [0.2, 0.25) is 11.7 Å². The number of anilines is 1. The minimum atomic E-state index is -0.469. The Morgan fingerprint density at radius 2 is 1.34 bits per heavy atom. The molecule has 0 unspecified atom stereocenters. The molecule has 1 aromatic heterocycles. The van der Waals surface area contributed by atoms with E-state index < -0.39 is 5.92 Å². The van der Waals surface area contributed by atoms with Crippen LogP contribution in [0.2, 0.25) is 0 Å². The van der Waals surface area contributed by atoms with E-state index >= 15 is 0 Å². The van der Waals surface area contributed by atoms with Crippen LogP contribution >= 0.6 is 0 Å². The Hall–Kier alpha value is -4.71. The van der Waals surface area contributed by atoms with Crippen molar-refractivity contribution < 1.29 is 14.1 Å². The van der Waals surface area contributed by atoms with Crippen LogP contribution in [0.15, 0.2) is 120 Å². The standard InChI is InChI=1S/C29H23N3O3/c33-28(27(21-12-4-1-5-13-21)22-14-6-2-7-15-22)30-25-19-11-10-18-24(25)29-31-26(32-35-29)20-34-23-16-8-3-9-17-23/h1-19,27H,20H2,(H,30,33). The van der Waals surface area contributed by atoms with E-state index in [0.717, 1.165) is 16.9 Å². The second kappa shape index (κ2) is 10.5. The molecule has 0 radical (unpaired) electrons. The summed E-state index contributed by atoms with van der Waals surface area (Å²) in [4.78, 5) is 18.0. The van der Waals surface area contributed by atoms with Crippen LogP contribution in [-0.4, -0.2) is 16.0 Å². The molecule has 1 N–H and O–H groups in total. The summed E-state index contributed by atoms with van der Waals surface area (Å²) < 4.78 is 11.2. The Morgan fingerprint density at radius 3 is 2.00 bits per heavy atom. The zero-order valence-corrected chi connectivity index (χ0v) is 18.9. The number of carbonyl (C=O) groups excluding carboxylic acids is 1. The summed E-state index contributed by atoms with van der Waals surface area (Å²) in [7, 11) is 0. The number of para-hydroxylation sites is 2. The maximum atomic E-state index is 13.6. The van der Waals surface area contributed by atoms with E-state index in [-0.39, 0.29) is 12.5 Å². The molecule has 0 aliphatic rings. The number of carbonyl (C=O) groups is 1. The van der Waals surface area contributed by atoms with Gasteiger partial charge >= 0.3 is 0 Å². The molecule has 0 spiro atoms. The molecule has 172 valence electrons. The monoisotopic (exact) mass is 461 g/mol. The highest BCUT2D eigenvalue weighted by atomic mass is 16.5. The van der Waals surface area contributed by atoms with Gasteiger partial charge in [-0.15, -0.1) is 0 Å². The van der Waals surface area contributed by atoms with Crippen molar-refractivity contribution in [1.82, 2.24) is 10.1 Å². The summed E-state index contributed by atoms with van der Waals surface area (Å²) in [6.45, 7) is 0.173. The average molecular weight is 462 g/mol. The van der Waals surface area contributed by atoms with Gasteiger partial charge in [0.25, 0.3) is 5.89 Å². The number of nitrogens with zero attached hydrogens (tertiary/aromatic N) is 2. The van der Waals surface area contributed by atoms with Gasteiger partial charge < -0.3 is 14.6 Å². The van der Waals surface area contributed by atoms with E-state index in [4.69, 9.17) is 9.26 Å². The minimum Gasteiger partial charge on any atom is -0.485 e. The fraction of sp³-hybridized carbons (Fsp3) is 0.0690. The van der Waals surface area contributed by atoms with Crippen LogP contribution in [0.25, 0.3) is 11.5 Å². The lowest BCUT2D eigenvalue weighted by Crippen LogP contribution is -2.22. The second-order valence-electron chi connectivity index (χ2n) is 7.91. The Bertz CT molecular complexity index is 1350. The SMILES string of the molecule is O=C(Nc1ccccc1-c1nc(COc2ccccc2)no1)C(c1ccccc1)c1ccccc1. The summed E-state index contributed by atoms with van der Waals surface area (Å²) in [6.07, 6.45) is 0. The quantitative estimate of drug-likeness (QED) is 0.303. The molecule has 0 aliphatic carbocycles. The van der Waals surface area contributed by atoms with Crippen molar-refractivity contribution in [3.05, 3.63) is 132 Å². The van der Waals surface area contributed by atoms with Gasteiger partial charge in [0.05, 0.1) is 17.2 Å². The fourth-order valence-corrected chi connectivity index (χ4v) is 3.86. The van der Waals surface area contributed by atoms with Crippen molar-refractivity contribution in [3.8, 4) is 17.2 Å². The molecule has 0 atom stereocenters. The molecule has 6 heteroatoms. The highest BCUT2D eigenvalue weighted by Crippen LogP contribution is 2.30. The van der Waals surface area contributed by atoms with Crippen molar-refractivity contribution in [3.63, 3.8) is 0 Å². The first-order valence-corrected chi connectivity index (χ1v) is 11.3. The van der Waals surface area contributed by atoms with E-state index in [2.05, 4.69) is 15.5 Å². The van der Waals surface area contributed by atoms with Gasteiger partial charge in [-0.3, -0.25) is 4.79 Å². The molecule has 1 amide bonds. The number of hydrogen-bond acceptors (Lipinski definition) is 5. The lowest BCUT2D eigenvalue weighted by atomic mass is 9.90. The number of benzene rings is 4. The molecule has 35 heavy (non-hydrogen) atoms. The van der Waals surface area contributed by atoms with Gasteiger partial charge in [0, 0.05) is 0 Å². The zero-order chi connectivity index (χ0) is 23.9. The maximum absolute atomic E-state index is 13.6. The van der Waals surface area contributed by atoms with Gasteiger partial charge in [-0.1, -0.05) is 96.2 Å². The van der Waals surface area contributed by atoms with E-state index in [1.807, 2.05) is 115 Å². The van der Waals surface area contributed by atoms with Crippen LogP contribution in [0.1, 0.15) is 22.9 Å². The third-order valence-electron chi connectivity index (χ3n) is 5.52. The Morgan fingerprint density at radius 1 is 0.771 bits per heavy atom. The number of ether oxygens (including phenoxy) is 1. The maximum Gasteiger partial charge on any atom is 0.260 e. The van der Waals surface area contributed by atoms with Crippen molar-refractivity contribution >= 4 is 11.6 Å². The van der Waals surface area contributed by atoms with Gasteiger partial charge in [0.1, 0.15) is 5.75 Å². The summed E-state index contributed by atoms with van der Waals surface area (Å²) in [5.41, 5.74) is 3.05.